The van der Waals surface area contributed by atoms with Crippen molar-refractivity contribution in [1.82, 2.24) is 0 Å². The predicted molar refractivity (Wildman–Crippen MR) is 69.4 cm³/mol. The van der Waals surface area contributed by atoms with E-state index in [0.717, 1.165) is 0 Å². The lowest BCUT2D eigenvalue weighted by molar-refractivity contribution is 0.660. The quantitative estimate of drug-likeness (QED) is 0.571. The fourth-order valence-electron chi connectivity index (χ4n) is 1.99. The molecule has 1 heterocycles. The lowest BCUT2D eigenvalue weighted by atomic mass is 10.1. The molecule has 0 N–H and O–H groups in total. The number of hydrogen-bond donors (Lipinski definition) is 0. The lowest BCUT2D eigenvalue weighted by Gasteiger charge is -2.01. The van der Waals surface area contributed by atoms with Gasteiger partial charge in [0.05, 0.1) is 34.0 Å². The van der Waals surface area contributed by atoms with Crippen LogP contribution in [0.3, 0.4) is 0 Å². The van der Waals surface area contributed by atoms with E-state index in [9.17, 15) is 4.79 Å². The van der Waals surface area contributed by atoms with Gasteiger partial charge in [0, 0.05) is 0 Å². The summed E-state index contributed by atoms with van der Waals surface area (Å²) in [6.07, 6.45) is 0. The molecule has 0 aliphatic rings. The number of fused-ring (bicyclic) bond motifs is 2. The maximum Gasteiger partial charge on any atom is 0.200 e. The second-order valence-corrected chi connectivity index (χ2v) is 4.08. The molecule has 0 fully saturated rings. The summed E-state index contributed by atoms with van der Waals surface area (Å²) in [6.45, 7) is 0. The van der Waals surface area contributed by atoms with Gasteiger partial charge in [-0.1, -0.05) is 0 Å². The van der Waals surface area contributed by atoms with E-state index in [0.29, 0.717) is 33.1 Å². The summed E-state index contributed by atoms with van der Waals surface area (Å²) in [5.74, 6) is 0. The molecule has 88 valence electrons. The van der Waals surface area contributed by atoms with Crippen molar-refractivity contribution in [2.45, 2.75) is 0 Å². The monoisotopic (exact) mass is 246 g/mol. The summed E-state index contributed by atoms with van der Waals surface area (Å²) < 4.78 is 5.61. The Hall–Kier alpha value is -3.11. The molecule has 3 rings (SSSR count). The summed E-state index contributed by atoms with van der Waals surface area (Å²) in [5.41, 5.74) is 1.43. The van der Waals surface area contributed by atoms with Gasteiger partial charge in [0.15, 0.2) is 0 Å². The minimum atomic E-state index is -0.196. The normalized spacial score (nSPS) is 10.2. The fourth-order valence-corrected chi connectivity index (χ4v) is 1.99. The Morgan fingerprint density at radius 2 is 1.53 bits per heavy atom. The van der Waals surface area contributed by atoms with Crippen molar-refractivity contribution < 1.29 is 4.42 Å². The van der Waals surface area contributed by atoms with Gasteiger partial charge in [0.1, 0.15) is 11.2 Å². The Morgan fingerprint density at radius 1 is 0.842 bits per heavy atom. The largest absolute Gasteiger partial charge is 0.456 e. The van der Waals surface area contributed by atoms with Crippen LogP contribution in [0, 0.1) is 22.7 Å². The van der Waals surface area contributed by atoms with E-state index >= 15 is 0 Å². The van der Waals surface area contributed by atoms with Gasteiger partial charge in [-0.05, 0) is 36.4 Å². The summed E-state index contributed by atoms with van der Waals surface area (Å²) in [7, 11) is 0. The first kappa shape index (κ1) is 11.0. The number of rotatable bonds is 0. The second-order valence-electron chi connectivity index (χ2n) is 4.08. The molecule has 0 atom stereocenters. The minimum Gasteiger partial charge on any atom is -0.456 e. The second kappa shape index (κ2) is 3.97. The molecular formula is C15H6N2O2. The van der Waals surface area contributed by atoms with Crippen molar-refractivity contribution in [3.05, 3.63) is 57.7 Å². The summed E-state index contributed by atoms with van der Waals surface area (Å²) in [4.78, 5) is 12.3. The van der Waals surface area contributed by atoms with Crippen LogP contribution >= 0.6 is 0 Å². The highest BCUT2D eigenvalue weighted by atomic mass is 16.3. The summed E-state index contributed by atoms with van der Waals surface area (Å²) in [5, 5.41) is 18.5. The van der Waals surface area contributed by atoms with Crippen LogP contribution in [0.1, 0.15) is 11.1 Å². The lowest BCUT2D eigenvalue weighted by Crippen LogP contribution is -2.02. The van der Waals surface area contributed by atoms with Gasteiger partial charge in [0.25, 0.3) is 0 Å². The Balaban J connectivity index is 2.50. The van der Waals surface area contributed by atoms with Crippen LogP contribution in [0.4, 0.5) is 0 Å². The molecule has 2 aromatic carbocycles. The van der Waals surface area contributed by atoms with Gasteiger partial charge < -0.3 is 4.42 Å². The van der Waals surface area contributed by atoms with Crippen molar-refractivity contribution >= 4 is 21.9 Å². The molecule has 4 heteroatoms. The molecule has 3 aromatic rings. The van der Waals surface area contributed by atoms with Crippen molar-refractivity contribution in [1.29, 1.82) is 10.5 Å². The molecule has 0 unspecified atom stereocenters. The molecule has 0 aliphatic carbocycles. The van der Waals surface area contributed by atoms with Gasteiger partial charge in [-0.25, -0.2) is 0 Å². The van der Waals surface area contributed by atoms with Crippen LogP contribution < -0.4 is 5.43 Å². The van der Waals surface area contributed by atoms with E-state index in [2.05, 4.69) is 0 Å². The number of nitriles is 2. The zero-order valence-electron chi connectivity index (χ0n) is 9.68. The first-order valence-electron chi connectivity index (χ1n) is 5.54. The average Bonchev–Trinajstić information content (AvgIpc) is 2.46. The molecule has 0 saturated carbocycles. The predicted octanol–water partition coefficient (Wildman–Crippen LogP) is 2.69. The third-order valence-electron chi connectivity index (χ3n) is 2.93. The van der Waals surface area contributed by atoms with Crippen molar-refractivity contribution in [3.63, 3.8) is 0 Å². The van der Waals surface area contributed by atoms with Crippen LogP contribution in [0.2, 0.25) is 0 Å². The highest BCUT2D eigenvalue weighted by Gasteiger charge is 2.08. The van der Waals surface area contributed by atoms with Crippen LogP contribution in [0.25, 0.3) is 21.9 Å². The zero-order valence-corrected chi connectivity index (χ0v) is 9.68. The molecule has 0 saturated heterocycles. The molecule has 19 heavy (non-hydrogen) atoms. The molecule has 0 amide bonds. The van der Waals surface area contributed by atoms with Crippen LogP contribution in [0.15, 0.2) is 45.6 Å². The first-order valence-corrected chi connectivity index (χ1v) is 5.54. The number of benzene rings is 2. The van der Waals surface area contributed by atoms with E-state index in [4.69, 9.17) is 14.9 Å². The maximum atomic E-state index is 12.3. The van der Waals surface area contributed by atoms with Crippen LogP contribution in [-0.4, -0.2) is 0 Å². The maximum absolute atomic E-state index is 12.3. The van der Waals surface area contributed by atoms with Gasteiger partial charge >= 0.3 is 0 Å². The molecule has 0 bridgehead atoms. The van der Waals surface area contributed by atoms with E-state index in [-0.39, 0.29) is 5.43 Å². The average molecular weight is 246 g/mol. The zero-order chi connectivity index (χ0) is 13.4. The van der Waals surface area contributed by atoms with Crippen LogP contribution in [-0.2, 0) is 0 Å². The van der Waals surface area contributed by atoms with Gasteiger partial charge in [0.2, 0.25) is 5.43 Å². The Morgan fingerprint density at radius 3 is 2.26 bits per heavy atom. The molecule has 0 radical (unpaired) electrons. The summed E-state index contributed by atoms with van der Waals surface area (Å²) >= 11 is 0. The van der Waals surface area contributed by atoms with E-state index < -0.39 is 0 Å². The third-order valence-corrected chi connectivity index (χ3v) is 2.93. The van der Waals surface area contributed by atoms with E-state index in [1.54, 1.807) is 24.3 Å². The van der Waals surface area contributed by atoms with E-state index in [1.807, 2.05) is 12.1 Å². The topological polar surface area (TPSA) is 77.8 Å². The molecule has 0 spiro atoms. The van der Waals surface area contributed by atoms with Gasteiger partial charge in [-0.3, -0.25) is 4.79 Å². The Labute approximate surface area is 107 Å². The Bertz CT molecular complexity index is 956. The molecular weight excluding hydrogens is 240 g/mol. The van der Waals surface area contributed by atoms with Crippen LogP contribution in [0.5, 0.6) is 0 Å². The number of hydrogen-bond acceptors (Lipinski definition) is 4. The van der Waals surface area contributed by atoms with E-state index in [1.165, 1.54) is 12.1 Å². The van der Waals surface area contributed by atoms with Crippen molar-refractivity contribution in [2.24, 2.45) is 0 Å². The fraction of sp³-hybridized carbons (Fsp3) is 0. The highest BCUT2D eigenvalue weighted by molar-refractivity contribution is 5.90. The molecule has 1 aromatic heterocycles. The van der Waals surface area contributed by atoms with Crippen molar-refractivity contribution in [3.8, 4) is 12.1 Å². The SMILES string of the molecule is N#Cc1ccc2c(=O)c3cc(C#N)ccc3oc2c1. The van der Waals surface area contributed by atoms with Gasteiger partial charge in [-0.15, -0.1) is 0 Å². The van der Waals surface area contributed by atoms with Crippen molar-refractivity contribution in [2.75, 3.05) is 0 Å². The number of nitrogens with zero attached hydrogens (tertiary/aromatic N) is 2. The first-order chi connectivity index (χ1) is 9.22. The third kappa shape index (κ3) is 1.64. The highest BCUT2D eigenvalue weighted by Crippen LogP contribution is 2.20. The minimum absolute atomic E-state index is 0.196. The molecule has 4 nitrogen and oxygen atoms in total. The van der Waals surface area contributed by atoms with Gasteiger partial charge in [-0.2, -0.15) is 10.5 Å². The molecule has 0 aliphatic heterocycles. The Kier molecular flexibility index (Phi) is 2.30. The smallest absolute Gasteiger partial charge is 0.200 e. The standard InChI is InChI=1S/C15H6N2O2/c16-7-9-2-4-13-12(5-9)15(18)11-3-1-10(8-17)6-14(11)19-13/h1-6H. The summed E-state index contributed by atoms with van der Waals surface area (Å²) in [6, 6.07) is 13.4.